The molecule has 0 atom stereocenters. The first-order valence-electron chi connectivity index (χ1n) is 10.2. The van der Waals surface area contributed by atoms with Crippen molar-refractivity contribution in [2.24, 2.45) is 0 Å². The highest BCUT2D eigenvalue weighted by molar-refractivity contribution is 5.99. The fourth-order valence-electron chi connectivity index (χ4n) is 3.16. The van der Waals surface area contributed by atoms with Crippen molar-refractivity contribution in [3.8, 4) is 11.4 Å². The van der Waals surface area contributed by atoms with Crippen molar-refractivity contribution in [2.45, 2.75) is 13.2 Å². The summed E-state index contributed by atoms with van der Waals surface area (Å²) in [7, 11) is 1.59. The smallest absolute Gasteiger partial charge is 0.269 e. The average molecular weight is 442 g/mol. The maximum Gasteiger partial charge on any atom is 0.269 e. The fourth-order valence-corrected chi connectivity index (χ4v) is 3.16. The molecule has 0 saturated carbocycles. The molecule has 3 aromatic carbocycles. The zero-order valence-electron chi connectivity index (χ0n) is 17.9. The number of nitrogens with one attached hydrogen (secondary N) is 2. The molecular formula is C24H22N6O3. The average Bonchev–Trinajstić information content (AvgIpc) is 3.32. The molecule has 0 saturated heterocycles. The van der Waals surface area contributed by atoms with E-state index in [0.29, 0.717) is 30.1 Å². The summed E-state index contributed by atoms with van der Waals surface area (Å²) in [5, 5.41) is 12.6. The van der Waals surface area contributed by atoms with Crippen molar-refractivity contribution in [1.82, 2.24) is 31.1 Å². The maximum atomic E-state index is 12.4. The number of methoxy groups -OCH3 is 1. The van der Waals surface area contributed by atoms with Gasteiger partial charge < -0.3 is 4.74 Å². The highest BCUT2D eigenvalue weighted by Gasteiger charge is 2.11. The summed E-state index contributed by atoms with van der Waals surface area (Å²) in [6, 6.07) is 23.5. The third-order valence-corrected chi connectivity index (χ3v) is 4.81. The first-order valence-corrected chi connectivity index (χ1v) is 10.2. The molecule has 33 heavy (non-hydrogen) atoms. The molecule has 0 bridgehead atoms. The molecule has 0 aliphatic carbocycles. The van der Waals surface area contributed by atoms with E-state index in [-0.39, 0.29) is 0 Å². The summed E-state index contributed by atoms with van der Waals surface area (Å²) >= 11 is 0. The molecule has 0 spiro atoms. The normalized spacial score (nSPS) is 10.6. The van der Waals surface area contributed by atoms with Crippen LogP contribution in [0, 0.1) is 0 Å². The predicted octanol–water partition coefficient (Wildman–Crippen LogP) is 2.61. The number of hydrazine groups is 1. The number of tetrazole rings is 1. The Kier molecular flexibility index (Phi) is 6.81. The standard InChI is InChI=1S/C24H22N6O3/c1-33-16-18-6-5-9-21(14-18)24(32)27-26-23(31)20-12-10-17(11-13-20)15-30-28-22(25-29-30)19-7-3-2-4-8-19/h2-14H,15-16H2,1H3,(H,26,31)(H,27,32). The van der Waals surface area contributed by atoms with Crippen molar-refractivity contribution >= 4 is 11.8 Å². The van der Waals surface area contributed by atoms with Crippen LogP contribution in [0.5, 0.6) is 0 Å². The molecule has 2 amide bonds. The van der Waals surface area contributed by atoms with E-state index < -0.39 is 11.8 Å². The Morgan fingerprint density at radius 1 is 0.848 bits per heavy atom. The van der Waals surface area contributed by atoms with Crippen LogP contribution in [0.15, 0.2) is 78.9 Å². The van der Waals surface area contributed by atoms with Crippen LogP contribution in [0.4, 0.5) is 0 Å². The molecular weight excluding hydrogens is 420 g/mol. The van der Waals surface area contributed by atoms with Crippen LogP contribution in [0.1, 0.15) is 31.8 Å². The van der Waals surface area contributed by atoms with Crippen LogP contribution in [0.2, 0.25) is 0 Å². The van der Waals surface area contributed by atoms with Crippen molar-refractivity contribution in [2.75, 3.05) is 7.11 Å². The van der Waals surface area contributed by atoms with Gasteiger partial charge in [-0.2, -0.15) is 4.80 Å². The van der Waals surface area contributed by atoms with Gasteiger partial charge in [-0.05, 0) is 40.6 Å². The molecule has 1 aromatic heterocycles. The monoisotopic (exact) mass is 442 g/mol. The second-order valence-corrected chi connectivity index (χ2v) is 7.25. The van der Waals surface area contributed by atoms with Gasteiger partial charge in [-0.15, -0.1) is 10.2 Å². The molecule has 0 unspecified atom stereocenters. The maximum absolute atomic E-state index is 12.4. The van der Waals surface area contributed by atoms with Gasteiger partial charge in [0.15, 0.2) is 0 Å². The molecule has 9 nitrogen and oxygen atoms in total. The van der Waals surface area contributed by atoms with Gasteiger partial charge in [0.2, 0.25) is 5.82 Å². The molecule has 166 valence electrons. The van der Waals surface area contributed by atoms with Gasteiger partial charge >= 0.3 is 0 Å². The Labute approximate surface area is 190 Å². The fraction of sp³-hybridized carbons (Fsp3) is 0.125. The summed E-state index contributed by atoms with van der Waals surface area (Å²) in [5.74, 6) is -0.285. The van der Waals surface area contributed by atoms with Gasteiger partial charge in [-0.25, -0.2) is 0 Å². The van der Waals surface area contributed by atoms with Gasteiger partial charge in [0, 0.05) is 23.8 Å². The molecule has 4 aromatic rings. The van der Waals surface area contributed by atoms with Gasteiger partial charge in [0.25, 0.3) is 11.8 Å². The second kappa shape index (κ2) is 10.3. The first kappa shape index (κ1) is 21.8. The topological polar surface area (TPSA) is 111 Å². The SMILES string of the molecule is COCc1cccc(C(=O)NNC(=O)c2ccc(Cn3nnc(-c4ccccc4)n3)cc2)c1. The Hall–Kier alpha value is -4.37. The number of rotatable bonds is 7. The molecule has 0 radical (unpaired) electrons. The molecule has 9 heteroatoms. The van der Waals surface area contributed by atoms with Gasteiger partial charge in [-0.1, -0.05) is 54.6 Å². The van der Waals surface area contributed by atoms with Gasteiger partial charge in [-0.3, -0.25) is 20.4 Å². The van der Waals surface area contributed by atoms with Crippen LogP contribution < -0.4 is 10.9 Å². The minimum atomic E-state index is -0.423. The van der Waals surface area contributed by atoms with E-state index in [2.05, 4.69) is 26.3 Å². The highest BCUT2D eigenvalue weighted by atomic mass is 16.5. The molecule has 0 fully saturated rings. The Balaban J connectivity index is 1.32. The van der Waals surface area contributed by atoms with E-state index in [1.807, 2.05) is 36.4 Å². The van der Waals surface area contributed by atoms with Gasteiger partial charge in [0.05, 0.1) is 13.2 Å². The summed E-state index contributed by atoms with van der Waals surface area (Å²) in [5.41, 5.74) is 8.35. The zero-order valence-corrected chi connectivity index (χ0v) is 17.9. The quantitative estimate of drug-likeness (QED) is 0.426. The van der Waals surface area contributed by atoms with E-state index >= 15 is 0 Å². The van der Waals surface area contributed by atoms with Crippen LogP contribution in [-0.4, -0.2) is 39.1 Å². The third kappa shape index (κ3) is 5.66. The van der Waals surface area contributed by atoms with Crippen molar-refractivity contribution in [3.63, 3.8) is 0 Å². The molecule has 0 aliphatic rings. The predicted molar refractivity (Wildman–Crippen MR) is 121 cm³/mol. The lowest BCUT2D eigenvalue weighted by Gasteiger charge is -2.09. The number of hydrogen-bond donors (Lipinski definition) is 2. The number of nitrogens with zero attached hydrogens (tertiary/aromatic N) is 4. The van der Waals surface area contributed by atoms with E-state index in [0.717, 1.165) is 16.7 Å². The van der Waals surface area contributed by atoms with Crippen molar-refractivity contribution in [1.29, 1.82) is 0 Å². The van der Waals surface area contributed by atoms with Crippen LogP contribution in [0.25, 0.3) is 11.4 Å². The number of benzene rings is 3. The number of carbonyl (C=O) groups excluding carboxylic acids is 2. The van der Waals surface area contributed by atoms with E-state index in [4.69, 9.17) is 4.74 Å². The Morgan fingerprint density at radius 3 is 2.30 bits per heavy atom. The number of amides is 2. The lowest BCUT2D eigenvalue weighted by atomic mass is 10.1. The van der Waals surface area contributed by atoms with E-state index in [1.54, 1.807) is 49.6 Å². The second-order valence-electron chi connectivity index (χ2n) is 7.25. The summed E-state index contributed by atoms with van der Waals surface area (Å²) < 4.78 is 5.07. The van der Waals surface area contributed by atoms with Crippen LogP contribution >= 0.6 is 0 Å². The third-order valence-electron chi connectivity index (χ3n) is 4.81. The number of aromatic nitrogens is 4. The first-order chi connectivity index (χ1) is 16.1. The van der Waals surface area contributed by atoms with Crippen LogP contribution in [-0.2, 0) is 17.9 Å². The van der Waals surface area contributed by atoms with Crippen LogP contribution in [0.3, 0.4) is 0 Å². The summed E-state index contributed by atoms with van der Waals surface area (Å²) in [6.45, 7) is 0.813. The van der Waals surface area contributed by atoms with E-state index in [1.165, 1.54) is 4.80 Å². The largest absolute Gasteiger partial charge is 0.380 e. The Morgan fingerprint density at radius 2 is 1.58 bits per heavy atom. The summed E-state index contributed by atoms with van der Waals surface area (Å²) in [4.78, 5) is 26.2. The Bertz CT molecular complexity index is 1240. The summed E-state index contributed by atoms with van der Waals surface area (Å²) in [6.07, 6.45) is 0. The highest BCUT2D eigenvalue weighted by Crippen LogP contribution is 2.13. The minimum Gasteiger partial charge on any atom is -0.380 e. The minimum absolute atomic E-state index is 0.400. The van der Waals surface area contributed by atoms with E-state index in [9.17, 15) is 9.59 Å². The molecule has 4 rings (SSSR count). The molecule has 0 aliphatic heterocycles. The lowest BCUT2D eigenvalue weighted by Crippen LogP contribution is -2.41. The molecule has 2 N–H and O–H groups in total. The number of carbonyl (C=O) groups is 2. The van der Waals surface area contributed by atoms with Gasteiger partial charge in [0.1, 0.15) is 0 Å². The number of hydrogen-bond acceptors (Lipinski definition) is 6. The zero-order chi connectivity index (χ0) is 23.0. The lowest BCUT2D eigenvalue weighted by molar-refractivity contribution is 0.0846. The van der Waals surface area contributed by atoms with Crippen molar-refractivity contribution in [3.05, 3.63) is 101 Å². The number of ether oxygens (including phenoxy) is 1. The molecule has 1 heterocycles. The van der Waals surface area contributed by atoms with Crippen molar-refractivity contribution < 1.29 is 14.3 Å².